The van der Waals surface area contributed by atoms with Crippen molar-refractivity contribution >= 4 is 5.91 Å². The topological polar surface area (TPSA) is 38.3 Å². The van der Waals surface area contributed by atoms with E-state index in [0.29, 0.717) is 17.9 Å². The number of hydrogen-bond donors (Lipinski definition) is 1. The van der Waals surface area contributed by atoms with Crippen molar-refractivity contribution in [3.8, 4) is 0 Å². The van der Waals surface area contributed by atoms with Crippen LogP contribution in [0.2, 0.25) is 0 Å². The number of fused-ring (bicyclic) bond motifs is 1. The monoisotopic (exact) mass is 285 g/mol. The van der Waals surface area contributed by atoms with Crippen LogP contribution in [0.25, 0.3) is 0 Å². The van der Waals surface area contributed by atoms with Gasteiger partial charge in [0.15, 0.2) is 0 Å². The Morgan fingerprint density at radius 1 is 1.05 bits per heavy atom. The van der Waals surface area contributed by atoms with Gasteiger partial charge in [-0.2, -0.15) is 0 Å². The molecule has 112 valence electrons. The zero-order valence-electron chi connectivity index (χ0n) is 12.3. The Bertz CT molecular complexity index is 509. The van der Waals surface area contributed by atoms with E-state index in [1.54, 1.807) is 0 Å². The number of ether oxygens (including phenoxy) is 1. The van der Waals surface area contributed by atoms with Crippen LogP contribution in [0.1, 0.15) is 43.6 Å². The molecule has 0 unspecified atom stereocenters. The molecular weight excluding hydrogens is 262 g/mol. The first-order valence-electron chi connectivity index (χ1n) is 8.31. The number of nitrogens with one attached hydrogen (secondary N) is 1. The molecule has 1 amide bonds. The van der Waals surface area contributed by atoms with Crippen molar-refractivity contribution in [1.82, 2.24) is 5.32 Å². The van der Waals surface area contributed by atoms with E-state index in [1.165, 1.54) is 24.8 Å². The van der Waals surface area contributed by atoms with E-state index in [0.717, 1.165) is 25.4 Å². The molecule has 21 heavy (non-hydrogen) atoms. The molecule has 3 heteroatoms. The summed E-state index contributed by atoms with van der Waals surface area (Å²) in [6.07, 6.45) is 5.58. The summed E-state index contributed by atoms with van der Waals surface area (Å²) in [6, 6.07) is 11.0. The maximum atomic E-state index is 12.4. The first-order valence-corrected chi connectivity index (χ1v) is 8.31. The summed E-state index contributed by atoms with van der Waals surface area (Å²) in [5.74, 6) is 2.07. The summed E-state index contributed by atoms with van der Waals surface area (Å²) < 4.78 is 5.52. The number of carbonyl (C=O) groups is 1. The van der Waals surface area contributed by atoms with E-state index in [4.69, 9.17) is 4.74 Å². The SMILES string of the molecule is O=C(N[C@@H]1[C@@H]2CCC[C@@H]2[C@H]1c1ccccc1)[C@@H]1CCCO1. The van der Waals surface area contributed by atoms with E-state index in [1.807, 2.05) is 0 Å². The lowest BCUT2D eigenvalue weighted by Crippen LogP contribution is -2.58. The Hall–Kier alpha value is -1.35. The molecule has 1 heterocycles. The first-order chi connectivity index (χ1) is 10.3. The average molecular weight is 285 g/mol. The largest absolute Gasteiger partial charge is 0.368 e. The van der Waals surface area contributed by atoms with Gasteiger partial charge in [0.2, 0.25) is 5.91 Å². The highest BCUT2D eigenvalue weighted by Gasteiger charge is 2.53. The Kier molecular flexibility index (Phi) is 3.46. The molecule has 2 aliphatic carbocycles. The minimum Gasteiger partial charge on any atom is -0.368 e. The molecule has 1 N–H and O–H groups in total. The molecular formula is C18H23NO2. The second-order valence-corrected chi connectivity index (χ2v) is 6.73. The van der Waals surface area contributed by atoms with Gasteiger partial charge < -0.3 is 10.1 Å². The molecule has 0 bridgehead atoms. The van der Waals surface area contributed by atoms with E-state index in [2.05, 4.69) is 35.6 Å². The molecule has 0 aromatic heterocycles. The van der Waals surface area contributed by atoms with Gasteiger partial charge in [0.05, 0.1) is 0 Å². The average Bonchev–Trinajstić information content (AvgIpc) is 3.16. The zero-order chi connectivity index (χ0) is 14.2. The van der Waals surface area contributed by atoms with Crippen LogP contribution < -0.4 is 5.32 Å². The third kappa shape index (κ3) is 2.28. The lowest BCUT2D eigenvalue weighted by atomic mass is 9.60. The van der Waals surface area contributed by atoms with Gasteiger partial charge in [-0.05, 0) is 43.1 Å². The van der Waals surface area contributed by atoms with E-state index in [-0.39, 0.29) is 12.0 Å². The molecule has 0 radical (unpaired) electrons. The first kappa shape index (κ1) is 13.3. The van der Waals surface area contributed by atoms with Crippen molar-refractivity contribution in [3.63, 3.8) is 0 Å². The summed E-state index contributed by atoms with van der Waals surface area (Å²) in [5.41, 5.74) is 1.39. The number of hydrogen-bond acceptors (Lipinski definition) is 2. The fourth-order valence-corrected chi connectivity index (χ4v) is 4.66. The summed E-state index contributed by atoms with van der Waals surface area (Å²) in [7, 11) is 0. The molecule has 1 aromatic carbocycles. The molecule has 1 saturated heterocycles. The fraction of sp³-hybridized carbons (Fsp3) is 0.611. The minimum absolute atomic E-state index is 0.115. The summed E-state index contributed by atoms with van der Waals surface area (Å²) in [6.45, 7) is 0.733. The quantitative estimate of drug-likeness (QED) is 0.927. The number of benzene rings is 1. The molecule has 2 saturated carbocycles. The van der Waals surface area contributed by atoms with Gasteiger partial charge in [0.25, 0.3) is 0 Å². The Labute approximate surface area is 126 Å². The van der Waals surface area contributed by atoms with Crippen LogP contribution >= 0.6 is 0 Å². The minimum atomic E-state index is -0.207. The molecule has 3 fully saturated rings. The predicted molar refractivity (Wildman–Crippen MR) is 80.9 cm³/mol. The number of carbonyl (C=O) groups excluding carboxylic acids is 1. The second-order valence-electron chi connectivity index (χ2n) is 6.73. The van der Waals surface area contributed by atoms with Crippen LogP contribution in [0.15, 0.2) is 30.3 Å². The van der Waals surface area contributed by atoms with Crippen LogP contribution in [0.5, 0.6) is 0 Å². The van der Waals surface area contributed by atoms with Crippen molar-refractivity contribution in [2.75, 3.05) is 6.61 Å². The normalized spacial score (nSPS) is 37.8. The molecule has 3 aliphatic rings. The van der Waals surface area contributed by atoms with E-state index in [9.17, 15) is 4.79 Å². The van der Waals surface area contributed by atoms with Gasteiger partial charge >= 0.3 is 0 Å². The van der Waals surface area contributed by atoms with Crippen molar-refractivity contribution < 1.29 is 9.53 Å². The Balaban J connectivity index is 1.50. The molecule has 1 aromatic rings. The van der Waals surface area contributed by atoms with Crippen molar-refractivity contribution in [2.45, 2.75) is 50.2 Å². The van der Waals surface area contributed by atoms with Gasteiger partial charge in [0.1, 0.15) is 6.10 Å². The van der Waals surface area contributed by atoms with Crippen LogP contribution in [0.3, 0.4) is 0 Å². The third-order valence-corrected chi connectivity index (χ3v) is 5.65. The third-order valence-electron chi connectivity index (χ3n) is 5.65. The molecule has 3 nitrogen and oxygen atoms in total. The van der Waals surface area contributed by atoms with Crippen LogP contribution in [-0.2, 0) is 9.53 Å². The van der Waals surface area contributed by atoms with Crippen molar-refractivity contribution in [1.29, 1.82) is 0 Å². The smallest absolute Gasteiger partial charge is 0.249 e. The van der Waals surface area contributed by atoms with E-state index >= 15 is 0 Å². The fourth-order valence-electron chi connectivity index (χ4n) is 4.66. The maximum absolute atomic E-state index is 12.4. The van der Waals surface area contributed by atoms with Crippen LogP contribution in [-0.4, -0.2) is 24.7 Å². The van der Waals surface area contributed by atoms with Gasteiger partial charge in [-0.25, -0.2) is 0 Å². The van der Waals surface area contributed by atoms with Gasteiger partial charge in [-0.15, -0.1) is 0 Å². The van der Waals surface area contributed by atoms with Crippen molar-refractivity contribution in [2.24, 2.45) is 11.8 Å². The highest BCUT2D eigenvalue weighted by Crippen LogP contribution is 2.55. The van der Waals surface area contributed by atoms with Gasteiger partial charge in [0, 0.05) is 18.6 Å². The Morgan fingerprint density at radius 2 is 1.86 bits per heavy atom. The lowest BCUT2D eigenvalue weighted by molar-refractivity contribution is -0.133. The number of amides is 1. The standard InChI is InChI=1S/C18H23NO2/c20-18(15-10-5-11-21-15)19-17-14-9-4-8-13(14)16(17)12-6-2-1-3-7-12/h1-3,6-7,13-17H,4-5,8-11H2,(H,19,20)/t13-,14+,15-,16+,17+/m0/s1. The predicted octanol–water partition coefficient (Wildman–Crippen LogP) is 2.86. The summed E-state index contributed by atoms with van der Waals surface area (Å²) in [4.78, 5) is 12.4. The van der Waals surface area contributed by atoms with Crippen LogP contribution in [0.4, 0.5) is 0 Å². The highest BCUT2D eigenvalue weighted by atomic mass is 16.5. The van der Waals surface area contributed by atoms with Crippen LogP contribution in [0, 0.1) is 11.8 Å². The maximum Gasteiger partial charge on any atom is 0.249 e. The molecule has 1 aliphatic heterocycles. The zero-order valence-corrected chi connectivity index (χ0v) is 12.3. The Morgan fingerprint density at radius 3 is 2.62 bits per heavy atom. The summed E-state index contributed by atoms with van der Waals surface area (Å²) in [5, 5.41) is 3.31. The van der Waals surface area contributed by atoms with Gasteiger partial charge in [-0.3, -0.25) is 4.79 Å². The second kappa shape index (κ2) is 5.45. The summed E-state index contributed by atoms with van der Waals surface area (Å²) >= 11 is 0. The number of rotatable bonds is 3. The molecule has 0 spiro atoms. The van der Waals surface area contributed by atoms with Crippen molar-refractivity contribution in [3.05, 3.63) is 35.9 Å². The highest BCUT2D eigenvalue weighted by molar-refractivity contribution is 5.81. The lowest BCUT2D eigenvalue weighted by Gasteiger charge is -2.50. The molecule has 4 rings (SSSR count). The van der Waals surface area contributed by atoms with Gasteiger partial charge in [-0.1, -0.05) is 36.8 Å². The molecule has 5 atom stereocenters. The van der Waals surface area contributed by atoms with E-state index < -0.39 is 0 Å².